The number of aryl methyl sites for hydroxylation is 1. The molecule has 0 fully saturated rings. The van der Waals surface area contributed by atoms with E-state index in [1.165, 1.54) is 12.1 Å². The van der Waals surface area contributed by atoms with Gasteiger partial charge in [0.05, 0.1) is 22.5 Å². The van der Waals surface area contributed by atoms with Gasteiger partial charge in [-0.2, -0.15) is 39.5 Å². The van der Waals surface area contributed by atoms with Crippen molar-refractivity contribution in [2.24, 2.45) is 0 Å². The standard InChI is InChI=1S/C25H13BrF11IN2O2/c1-10-7-12(26)5-6-13(10)20(41)39-17-4-2-3-14(18(17)27)21(42)40-19-15(23(29,30)31)8-11(9-16(19)38)22(28,24(32,33)34)25(35,36)37/h2-9H,1H3,(H,39,41)(H,40,42). The smallest absolute Gasteiger partial charge is 0.320 e. The predicted molar refractivity (Wildman–Crippen MR) is 140 cm³/mol. The highest BCUT2D eigenvalue weighted by Gasteiger charge is 2.73. The van der Waals surface area contributed by atoms with Crippen LogP contribution in [-0.4, -0.2) is 24.2 Å². The van der Waals surface area contributed by atoms with Crippen LogP contribution in [-0.2, 0) is 11.8 Å². The summed E-state index contributed by atoms with van der Waals surface area (Å²) in [5.41, 5.74) is -13.2. The Labute approximate surface area is 250 Å². The van der Waals surface area contributed by atoms with Gasteiger partial charge in [-0.1, -0.05) is 22.0 Å². The van der Waals surface area contributed by atoms with Gasteiger partial charge in [0.2, 0.25) is 0 Å². The molecule has 3 rings (SSSR count). The number of hydrogen-bond acceptors (Lipinski definition) is 2. The molecule has 0 aliphatic carbocycles. The zero-order chi connectivity index (χ0) is 32.0. The minimum Gasteiger partial charge on any atom is -0.320 e. The first-order valence-corrected chi connectivity index (χ1v) is 12.9. The van der Waals surface area contributed by atoms with Gasteiger partial charge in [0.1, 0.15) is 0 Å². The Morgan fingerprint density at radius 1 is 0.786 bits per heavy atom. The summed E-state index contributed by atoms with van der Waals surface area (Å²) in [5.74, 6) is -3.85. The summed E-state index contributed by atoms with van der Waals surface area (Å²) in [6.45, 7) is 1.57. The first-order chi connectivity index (χ1) is 19.1. The third-order valence-electron chi connectivity index (χ3n) is 5.74. The third kappa shape index (κ3) is 6.50. The number of anilines is 2. The van der Waals surface area contributed by atoms with E-state index in [2.05, 4.69) is 21.2 Å². The number of hydrogen-bond donors (Lipinski definition) is 2. The van der Waals surface area contributed by atoms with Crippen LogP contribution >= 0.6 is 38.5 Å². The fourth-order valence-electron chi connectivity index (χ4n) is 3.70. The van der Waals surface area contributed by atoms with Crippen LogP contribution in [0, 0.1) is 16.3 Å². The molecule has 0 heterocycles. The molecule has 0 saturated heterocycles. The van der Waals surface area contributed by atoms with Gasteiger partial charge in [-0.05, 0) is 77.5 Å². The van der Waals surface area contributed by atoms with Crippen molar-refractivity contribution in [1.29, 1.82) is 0 Å². The van der Waals surface area contributed by atoms with Crippen molar-refractivity contribution in [1.82, 2.24) is 0 Å². The highest BCUT2D eigenvalue weighted by Crippen LogP contribution is 2.54. The number of rotatable bonds is 5. The average Bonchev–Trinajstić information content (AvgIpc) is 2.83. The summed E-state index contributed by atoms with van der Waals surface area (Å²) >= 11 is 4.08. The maximum absolute atomic E-state index is 15.2. The van der Waals surface area contributed by atoms with Crippen molar-refractivity contribution < 1.29 is 57.9 Å². The molecule has 0 bridgehead atoms. The molecule has 2 amide bonds. The molecule has 0 unspecified atom stereocenters. The molecule has 0 aliphatic heterocycles. The normalized spacial score (nSPS) is 12.7. The minimum absolute atomic E-state index is 0.110. The van der Waals surface area contributed by atoms with Crippen LogP contribution in [0.25, 0.3) is 0 Å². The van der Waals surface area contributed by atoms with E-state index in [1.54, 1.807) is 18.3 Å². The van der Waals surface area contributed by atoms with Crippen molar-refractivity contribution in [2.75, 3.05) is 10.6 Å². The fraction of sp³-hybridized carbons (Fsp3) is 0.200. The van der Waals surface area contributed by atoms with Gasteiger partial charge in [0.15, 0.2) is 5.82 Å². The van der Waals surface area contributed by atoms with Gasteiger partial charge in [0, 0.05) is 19.2 Å². The quantitative estimate of drug-likeness (QED) is 0.200. The average molecular weight is 789 g/mol. The van der Waals surface area contributed by atoms with E-state index in [0.29, 0.717) is 10.0 Å². The number of benzene rings is 3. The Bertz CT molecular complexity index is 1540. The Hall–Kier alpha value is -2.96. The number of carbonyl (C=O) groups excluding carboxylic acids is 2. The molecular formula is C25H13BrF11IN2O2. The molecule has 0 aliphatic rings. The van der Waals surface area contributed by atoms with Gasteiger partial charge >= 0.3 is 24.2 Å². The molecule has 0 atom stereocenters. The summed E-state index contributed by atoms with van der Waals surface area (Å²) in [6.07, 6.45) is -19.1. The third-order valence-corrected chi connectivity index (χ3v) is 7.08. The molecule has 17 heteroatoms. The number of carbonyl (C=O) groups is 2. The van der Waals surface area contributed by atoms with Crippen LogP contribution < -0.4 is 10.6 Å². The van der Waals surface area contributed by atoms with E-state index in [0.717, 1.165) is 40.8 Å². The maximum atomic E-state index is 15.2. The van der Waals surface area contributed by atoms with Crippen LogP contribution in [0.5, 0.6) is 0 Å². The molecule has 0 radical (unpaired) electrons. The van der Waals surface area contributed by atoms with Crippen molar-refractivity contribution >= 4 is 61.7 Å². The zero-order valence-electron chi connectivity index (χ0n) is 20.3. The molecule has 0 spiro atoms. The molecule has 0 saturated carbocycles. The number of alkyl halides is 10. The molecule has 42 heavy (non-hydrogen) atoms. The predicted octanol–water partition coefficient (Wildman–Crippen LogP) is 9.31. The number of amides is 2. The zero-order valence-corrected chi connectivity index (χ0v) is 24.1. The van der Waals surface area contributed by atoms with E-state index >= 15 is 4.39 Å². The van der Waals surface area contributed by atoms with Gasteiger partial charge in [-0.25, -0.2) is 8.78 Å². The van der Waals surface area contributed by atoms with Crippen LogP contribution in [0.2, 0.25) is 0 Å². The lowest BCUT2D eigenvalue weighted by atomic mass is 9.92. The first kappa shape index (κ1) is 33.5. The summed E-state index contributed by atoms with van der Waals surface area (Å²) in [4.78, 5) is 25.4. The van der Waals surface area contributed by atoms with E-state index < -0.39 is 79.5 Å². The van der Waals surface area contributed by atoms with Crippen molar-refractivity contribution in [2.45, 2.75) is 31.1 Å². The van der Waals surface area contributed by atoms with E-state index in [-0.39, 0.29) is 11.6 Å². The lowest BCUT2D eigenvalue weighted by molar-refractivity contribution is -0.348. The molecule has 226 valence electrons. The first-order valence-electron chi connectivity index (χ1n) is 11.0. The second-order valence-corrected chi connectivity index (χ2v) is 10.6. The second kappa shape index (κ2) is 11.6. The Morgan fingerprint density at radius 3 is 1.88 bits per heavy atom. The van der Waals surface area contributed by atoms with E-state index in [1.807, 2.05) is 0 Å². The topological polar surface area (TPSA) is 58.2 Å². The van der Waals surface area contributed by atoms with E-state index in [9.17, 15) is 53.5 Å². The SMILES string of the molecule is Cc1cc(Br)ccc1C(=O)Nc1cccc(C(=O)Nc2c(I)cc(C(F)(C(F)(F)F)C(F)(F)F)cc2C(F)(F)F)c1F. The molecule has 4 nitrogen and oxygen atoms in total. The van der Waals surface area contributed by atoms with Crippen LogP contribution in [0.1, 0.15) is 37.4 Å². The largest absolute Gasteiger partial charge is 0.435 e. The van der Waals surface area contributed by atoms with Crippen molar-refractivity contribution in [3.05, 3.63) is 90.2 Å². The summed E-state index contributed by atoms with van der Waals surface area (Å²) in [6, 6.07) is 6.46. The molecule has 0 aromatic heterocycles. The van der Waals surface area contributed by atoms with Crippen molar-refractivity contribution in [3.63, 3.8) is 0 Å². The summed E-state index contributed by atoms with van der Waals surface area (Å²) < 4.78 is 150. The minimum atomic E-state index is -6.70. The van der Waals surface area contributed by atoms with Crippen LogP contribution in [0.4, 0.5) is 59.7 Å². The maximum Gasteiger partial charge on any atom is 0.435 e. The molecular weight excluding hydrogens is 776 g/mol. The molecule has 3 aromatic carbocycles. The van der Waals surface area contributed by atoms with Crippen LogP contribution in [0.15, 0.2) is 53.0 Å². The van der Waals surface area contributed by atoms with Gasteiger partial charge < -0.3 is 10.6 Å². The second-order valence-electron chi connectivity index (χ2n) is 8.57. The Kier molecular flexibility index (Phi) is 9.27. The van der Waals surface area contributed by atoms with Crippen molar-refractivity contribution in [3.8, 4) is 0 Å². The Morgan fingerprint density at radius 2 is 1.36 bits per heavy atom. The molecule has 3 aromatic rings. The van der Waals surface area contributed by atoms with E-state index in [4.69, 9.17) is 0 Å². The van der Waals surface area contributed by atoms with Gasteiger partial charge in [-0.3, -0.25) is 9.59 Å². The highest BCUT2D eigenvalue weighted by atomic mass is 127. The van der Waals surface area contributed by atoms with Gasteiger partial charge in [0.25, 0.3) is 11.8 Å². The van der Waals surface area contributed by atoms with Gasteiger partial charge in [-0.15, -0.1) is 0 Å². The monoisotopic (exact) mass is 788 g/mol. The fourth-order valence-corrected chi connectivity index (χ4v) is 4.94. The lowest BCUT2D eigenvalue weighted by Gasteiger charge is -2.31. The number of halogens is 13. The summed E-state index contributed by atoms with van der Waals surface area (Å²) in [7, 11) is 0. The lowest BCUT2D eigenvalue weighted by Crippen LogP contribution is -2.50. The van der Waals surface area contributed by atoms with Crippen LogP contribution in [0.3, 0.4) is 0 Å². The number of nitrogens with one attached hydrogen (secondary N) is 2. The highest BCUT2D eigenvalue weighted by molar-refractivity contribution is 14.1. The summed E-state index contributed by atoms with van der Waals surface area (Å²) in [5, 5.41) is 3.82. The Balaban J connectivity index is 2.04. The molecule has 2 N–H and O–H groups in total.